The fraction of sp³-hybridized carbons (Fsp3) is 1.00. The van der Waals surface area contributed by atoms with Crippen molar-refractivity contribution in [3.8, 4) is 0 Å². The predicted octanol–water partition coefficient (Wildman–Crippen LogP) is 0.896. The van der Waals surface area contributed by atoms with Gasteiger partial charge in [-0.05, 0) is 33.2 Å². The van der Waals surface area contributed by atoms with Gasteiger partial charge < -0.3 is 5.32 Å². The van der Waals surface area contributed by atoms with E-state index in [9.17, 15) is 8.42 Å². The fourth-order valence-corrected chi connectivity index (χ4v) is 5.85. The summed E-state index contributed by atoms with van der Waals surface area (Å²) in [7, 11) is -3.10. The first-order chi connectivity index (χ1) is 7.92. The standard InChI is InChI=1S/C11H22N2O2S2/c1-11(2)9-13(6-7-16-11)17(14,15)10-4-3-5-12-8-10/h10,12H,3-9H2,1-2H3. The van der Waals surface area contributed by atoms with Gasteiger partial charge in [0.1, 0.15) is 0 Å². The van der Waals surface area contributed by atoms with Gasteiger partial charge in [-0.3, -0.25) is 0 Å². The van der Waals surface area contributed by atoms with E-state index in [1.165, 1.54) is 0 Å². The monoisotopic (exact) mass is 278 g/mol. The molecule has 100 valence electrons. The van der Waals surface area contributed by atoms with Crippen molar-refractivity contribution in [1.82, 2.24) is 9.62 Å². The number of thioether (sulfide) groups is 1. The first kappa shape index (κ1) is 13.6. The summed E-state index contributed by atoms with van der Waals surface area (Å²) in [6.45, 7) is 7.14. The van der Waals surface area contributed by atoms with Crippen molar-refractivity contribution >= 4 is 21.8 Å². The molecule has 0 aliphatic carbocycles. The molecular formula is C11H22N2O2S2. The van der Waals surface area contributed by atoms with Crippen molar-refractivity contribution < 1.29 is 8.42 Å². The molecule has 0 radical (unpaired) electrons. The Hall–Kier alpha value is 0.220. The molecule has 0 aromatic heterocycles. The van der Waals surface area contributed by atoms with Crippen molar-refractivity contribution in [2.24, 2.45) is 0 Å². The lowest BCUT2D eigenvalue weighted by Crippen LogP contribution is -2.52. The number of hydrogen-bond donors (Lipinski definition) is 1. The largest absolute Gasteiger partial charge is 0.315 e. The molecule has 0 amide bonds. The molecular weight excluding hydrogens is 256 g/mol. The summed E-state index contributed by atoms with van der Waals surface area (Å²) < 4.78 is 26.8. The SMILES string of the molecule is CC1(C)CN(S(=O)(=O)C2CCCNC2)CCS1. The van der Waals surface area contributed by atoms with Gasteiger partial charge >= 0.3 is 0 Å². The molecule has 0 aromatic rings. The van der Waals surface area contributed by atoms with E-state index in [-0.39, 0.29) is 10.00 Å². The number of nitrogens with zero attached hydrogens (tertiary/aromatic N) is 1. The third-order valence-electron chi connectivity index (χ3n) is 3.42. The molecule has 2 aliphatic heterocycles. The van der Waals surface area contributed by atoms with Crippen molar-refractivity contribution in [3.63, 3.8) is 0 Å². The number of rotatable bonds is 2. The Morgan fingerprint density at radius 3 is 2.76 bits per heavy atom. The molecule has 2 saturated heterocycles. The van der Waals surface area contributed by atoms with Crippen LogP contribution in [0.2, 0.25) is 0 Å². The molecule has 2 rings (SSSR count). The molecule has 0 aromatic carbocycles. The molecule has 0 spiro atoms. The van der Waals surface area contributed by atoms with E-state index in [1.807, 2.05) is 11.8 Å². The maximum absolute atomic E-state index is 12.5. The zero-order valence-electron chi connectivity index (χ0n) is 10.6. The highest BCUT2D eigenvalue weighted by Crippen LogP contribution is 2.32. The van der Waals surface area contributed by atoms with Crippen LogP contribution in [0.3, 0.4) is 0 Å². The quantitative estimate of drug-likeness (QED) is 0.815. The van der Waals surface area contributed by atoms with Gasteiger partial charge in [0, 0.05) is 30.1 Å². The van der Waals surface area contributed by atoms with Crippen LogP contribution in [-0.4, -0.2) is 54.7 Å². The molecule has 1 N–H and O–H groups in total. The van der Waals surface area contributed by atoms with Crippen LogP contribution in [0, 0.1) is 0 Å². The van der Waals surface area contributed by atoms with E-state index in [4.69, 9.17) is 0 Å². The smallest absolute Gasteiger partial charge is 0.218 e. The molecule has 6 heteroatoms. The van der Waals surface area contributed by atoms with Gasteiger partial charge in [-0.25, -0.2) is 8.42 Å². The van der Waals surface area contributed by atoms with Gasteiger partial charge in [0.05, 0.1) is 5.25 Å². The van der Waals surface area contributed by atoms with Gasteiger partial charge in [0.15, 0.2) is 0 Å². The lowest BCUT2D eigenvalue weighted by Gasteiger charge is -2.39. The zero-order valence-corrected chi connectivity index (χ0v) is 12.2. The van der Waals surface area contributed by atoms with E-state index < -0.39 is 10.0 Å². The van der Waals surface area contributed by atoms with Crippen LogP contribution < -0.4 is 5.32 Å². The van der Waals surface area contributed by atoms with Crippen molar-refractivity contribution in [1.29, 1.82) is 0 Å². The van der Waals surface area contributed by atoms with Crippen molar-refractivity contribution in [2.75, 3.05) is 31.9 Å². The Bertz CT molecular complexity index is 362. The molecule has 2 aliphatic rings. The van der Waals surface area contributed by atoms with Crippen LogP contribution >= 0.6 is 11.8 Å². The van der Waals surface area contributed by atoms with Crippen LogP contribution in [0.25, 0.3) is 0 Å². The molecule has 17 heavy (non-hydrogen) atoms. The van der Waals surface area contributed by atoms with Crippen molar-refractivity contribution in [3.05, 3.63) is 0 Å². The minimum Gasteiger partial charge on any atom is -0.315 e. The summed E-state index contributed by atoms with van der Waals surface area (Å²) in [5.41, 5.74) is 0. The molecule has 0 bridgehead atoms. The van der Waals surface area contributed by atoms with E-state index in [0.717, 1.165) is 25.1 Å². The normalized spacial score (nSPS) is 31.3. The molecule has 1 unspecified atom stereocenters. The molecule has 0 saturated carbocycles. The summed E-state index contributed by atoms with van der Waals surface area (Å²) >= 11 is 1.87. The molecule has 2 heterocycles. The Morgan fingerprint density at radius 1 is 1.41 bits per heavy atom. The minimum absolute atomic E-state index is 0.0490. The number of sulfonamides is 1. The zero-order chi connectivity index (χ0) is 12.5. The van der Waals surface area contributed by atoms with Gasteiger partial charge in [-0.15, -0.1) is 0 Å². The second kappa shape index (κ2) is 5.07. The van der Waals surface area contributed by atoms with Crippen LogP contribution in [0.1, 0.15) is 26.7 Å². The van der Waals surface area contributed by atoms with E-state index >= 15 is 0 Å². The van der Waals surface area contributed by atoms with E-state index in [2.05, 4.69) is 19.2 Å². The highest BCUT2D eigenvalue weighted by Gasteiger charge is 2.38. The highest BCUT2D eigenvalue weighted by molar-refractivity contribution is 8.00. The van der Waals surface area contributed by atoms with Crippen molar-refractivity contribution in [2.45, 2.75) is 36.7 Å². The van der Waals surface area contributed by atoms with Gasteiger partial charge in [-0.1, -0.05) is 0 Å². The summed E-state index contributed by atoms with van der Waals surface area (Å²) in [5.74, 6) is 0.909. The van der Waals surface area contributed by atoms with Crippen LogP contribution in [0.15, 0.2) is 0 Å². The lowest BCUT2D eigenvalue weighted by atomic mass is 10.2. The first-order valence-electron chi connectivity index (χ1n) is 6.25. The second-order valence-corrected chi connectivity index (χ2v) is 9.47. The molecule has 2 fully saturated rings. The number of piperidine rings is 1. The van der Waals surface area contributed by atoms with Gasteiger partial charge in [0.25, 0.3) is 0 Å². The summed E-state index contributed by atoms with van der Waals surface area (Å²) in [5, 5.41) is 2.98. The van der Waals surface area contributed by atoms with E-state index in [0.29, 0.717) is 19.6 Å². The van der Waals surface area contributed by atoms with E-state index in [1.54, 1.807) is 4.31 Å². The number of nitrogens with one attached hydrogen (secondary N) is 1. The van der Waals surface area contributed by atoms with Crippen LogP contribution in [-0.2, 0) is 10.0 Å². The second-order valence-electron chi connectivity index (χ2n) is 5.46. The third-order valence-corrected chi connectivity index (χ3v) is 7.00. The minimum atomic E-state index is -3.10. The van der Waals surface area contributed by atoms with Gasteiger partial charge in [0.2, 0.25) is 10.0 Å². The summed E-state index contributed by atoms with van der Waals surface area (Å²) in [4.78, 5) is 0. The van der Waals surface area contributed by atoms with Crippen LogP contribution in [0.5, 0.6) is 0 Å². The molecule has 1 atom stereocenters. The summed E-state index contributed by atoms with van der Waals surface area (Å²) in [6, 6.07) is 0. The lowest BCUT2D eigenvalue weighted by molar-refractivity contribution is 0.372. The van der Waals surface area contributed by atoms with Crippen LogP contribution in [0.4, 0.5) is 0 Å². The third kappa shape index (κ3) is 3.16. The fourth-order valence-electron chi connectivity index (χ4n) is 2.48. The average Bonchev–Trinajstić information content (AvgIpc) is 2.29. The summed E-state index contributed by atoms with van der Waals surface area (Å²) in [6.07, 6.45) is 1.77. The van der Waals surface area contributed by atoms with Gasteiger partial charge in [-0.2, -0.15) is 16.1 Å². The Morgan fingerprint density at radius 2 is 2.18 bits per heavy atom. The Balaban J connectivity index is 2.09. The maximum atomic E-state index is 12.5. The highest BCUT2D eigenvalue weighted by atomic mass is 32.2. The Kier molecular flexibility index (Phi) is 4.07. The maximum Gasteiger partial charge on any atom is 0.218 e. The number of hydrogen-bond acceptors (Lipinski definition) is 4. The topological polar surface area (TPSA) is 49.4 Å². The Labute approximate surface area is 109 Å². The molecule has 4 nitrogen and oxygen atoms in total. The first-order valence-corrected chi connectivity index (χ1v) is 8.74. The average molecular weight is 278 g/mol. The predicted molar refractivity (Wildman–Crippen MR) is 72.9 cm³/mol.